The maximum absolute atomic E-state index is 5.35. The van der Waals surface area contributed by atoms with Crippen molar-refractivity contribution in [1.29, 1.82) is 0 Å². The molecule has 0 radical (unpaired) electrons. The van der Waals surface area contributed by atoms with Gasteiger partial charge in [-0.1, -0.05) is 6.92 Å². The van der Waals surface area contributed by atoms with Gasteiger partial charge in [-0.05, 0) is 12.5 Å². The molecule has 14 heavy (non-hydrogen) atoms. The zero-order valence-corrected chi connectivity index (χ0v) is 8.61. The monoisotopic (exact) mass is 195 g/mol. The van der Waals surface area contributed by atoms with E-state index in [4.69, 9.17) is 9.15 Å². The van der Waals surface area contributed by atoms with Crippen molar-refractivity contribution in [3.05, 3.63) is 24.2 Å². The standard InChI is InChI=1S/C11H17NO2/c1-2-11(10-3-6-14-9-10)12-4-7-13-8-5-12/h3,6,9,11H,2,4-5,7-8H2,1H3. The second-order valence-corrected chi connectivity index (χ2v) is 3.63. The lowest BCUT2D eigenvalue weighted by molar-refractivity contribution is 0.0151. The molecule has 0 aliphatic carbocycles. The average molecular weight is 195 g/mol. The van der Waals surface area contributed by atoms with Gasteiger partial charge in [-0.15, -0.1) is 0 Å². The molecule has 1 aliphatic rings. The molecule has 1 aromatic heterocycles. The van der Waals surface area contributed by atoms with E-state index in [1.165, 1.54) is 5.56 Å². The van der Waals surface area contributed by atoms with Crippen LogP contribution in [0.25, 0.3) is 0 Å². The Hall–Kier alpha value is -0.800. The molecule has 2 rings (SSSR count). The van der Waals surface area contributed by atoms with Crippen LogP contribution in [-0.2, 0) is 4.74 Å². The molecule has 1 unspecified atom stereocenters. The quantitative estimate of drug-likeness (QED) is 0.738. The van der Waals surface area contributed by atoms with Gasteiger partial charge in [0.05, 0.1) is 25.7 Å². The van der Waals surface area contributed by atoms with Gasteiger partial charge in [0, 0.05) is 24.7 Å². The molecule has 3 nitrogen and oxygen atoms in total. The Morgan fingerprint density at radius 3 is 2.79 bits per heavy atom. The number of nitrogens with zero attached hydrogens (tertiary/aromatic N) is 1. The topological polar surface area (TPSA) is 25.6 Å². The van der Waals surface area contributed by atoms with Crippen molar-refractivity contribution in [1.82, 2.24) is 4.90 Å². The predicted molar refractivity (Wildman–Crippen MR) is 54.1 cm³/mol. The molecule has 1 aromatic rings. The van der Waals surface area contributed by atoms with E-state index >= 15 is 0 Å². The Kier molecular flexibility index (Phi) is 3.22. The molecule has 3 heteroatoms. The van der Waals surface area contributed by atoms with E-state index in [2.05, 4.69) is 17.9 Å². The van der Waals surface area contributed by atoms with Gasteiger partial charge in [0.1, 0.15) is 0 Å². The summed E-state index contributed by atoms with van der Waals surface area (Å²) < 4.78 is 10.5. The van der Waals surface area contributed by atoms with Gasteiger partial charge >= 0.3 is 0 Å². The van der Waals surface area contributed by atoms with E-state index in [-0.39, 0.29) is 0 Å². The summed E-state index contributed by atoms with van der Waals surface area (Å²) >= 11 is 0. The lowest BCUT2D eigenvalue weighted by Gasteiger charge is -2.33. The summed E-state index contributed by atoms with van der Waals surface area (Å²) in [5, 5.41) is 0. The Labute approximate surface area is 84.6 Å². The Bertz CT molecular complexity index is 252. The fourth-order valence-corrected chi connectivity index (χ4v) is 2.06. The van der Waals surface area contributed by atoms with Gasteiger partial charge in [-0.2, -0.15) is 0 Å². The average Bonchev–Trinajstić information content (AvgIpc) is 2.74. The van der Waals surface area contributed by atoms with Crippen molar-refractivity contribution in [3.63, 3.8) is 0 Å². The minimum absolute atomic E-state index is 0.498. The van der Waals surface area contributed by atoms with Gasteiger partial charge in [-0.25, -0.2) is 0 Å². The fourth-order valence-electron chi connectivity index (χ4n) is 2.06. The van der Waals surface area contributed by atoms with Crippen LogP contribution >= 0.6 is 0 Å². The van der Waals surface area contributed by atoms with E-state index in [1.54, 1.807) is 6.26 Å². The van der Waals surface area contributed by atoms with E-state index in [1.807, 2.05) is 6.26 Å². The van der Waals surface area contributed by atoms with Crippen LogP contribution in [-0.4, -0.2) is 31.2 Å². The summed E-state index contributed by atoms with van der Waals surface area (Å²) in [7, 11) is 0. The summed E-state index contributed by atoms with van der Waals surface area (Å²) in [4.78, 5) is 2.47. The predicted octanol–water partition coefficient (Wildman–Crippen LogP) is 2.06. The number of furan rings is 1. The Morgan fingerprint density at radius 2 is 2.21 bits per heavy atom. The Morgan fingerprint density at radius 1 is 1.43 bits per heavy atom. The van der Waals surface area contributed by atoms with E-state index in [9.17, 15) is 0 Å². The third-order valence-corrected chi connectivity index (χ3v) is 2.80. The molecule has 0 amide bonds. The highest BCUT2D eigenvalue weighted by Crippen LogP contribution is 2.24. The van der Waals surface area contributed by atoms with Gasteiger partial charge in [0.15, 0.2) is 0 Å². The SMILES string of the molecule is CCC(c1ccoc1)N1CCOCC1. The lowest BCUT2D eigenvalue weighted by Crippen LogP contribution is -2.38. The second-order valence-electron chi connectivity index (χ2n) is 3.63. The van der Waals surface area contributed by atoms with Crippen LogP contribution in [0.15, 0.2) is 23.0 Å². The molecule has 0 aromatic carbocycles. The first-order valence-electron chi connectivity index (χ1n) is 5.25. The van der Waals surface area contributed by atoms with Gasteiger partial charge in [0.25, 0.3) is 0 Å². The Balaban J connectivity index is 2.04. The largest absolute Gasteiger partial charge is 0.472 e. The highest BCUT2D eigenvalue weighted by Gasteiger charge is 2.21. The third kappa shape index (κ3) is 1.99. The fraction of sp³-hybridized carbons (Fsp3) is 0.636. The molecule has 0 N–H and O–H groups in total. The molecular formula is C11H17NO2. The maximum Gasteiger partial charge on any atom is 0.0950 e. The summed E-state index contributed by atoms with van der Waals surface area (Å²) in [6.45, 7) is 5.99. The first-order valence-corrected chi connectivity index (χ1v) is 5.25. The minimum Gasteiger partial charge on any atom is -0.472 e. The molecular weight excluding hydrogens is 178 g/mol. The molecule has 78 valence electrons. The van der Waals surface area contributed by atoms with Crippen molar-refractivity contribution < 1.29 is 9.15 Å². The van der Waals surface area contributed by atoms with Crippen LogP contribution in [0.4, 0.5) is 0 Å². The first kappa shape index (κ1) is 9.74. The van der Waals surface area contributed by atoms with Crippen molar-refractivity contribution in [2.75, 3.05) is 26.3 Å². The van der Waals surface area contributed by atoms with Gasteiger partial charge in [-0.3, -0.25) is 4.90 Å². The third-order valence-electron chi connectivity index (χ3n) is 2.80. The summed E-state index contributed by atoms with van der Waals surface area (Å²) in [5.74, 6) is 0. The molecule has 1 atom stereocenters. The lowest BCUT2D eigenvalue weighted by atomic mass is 10.1. The van der Waals surface area contributed by atoms with Crippen molar-refractivity contribution >= 4 is 0 Å². The number of morpholine rings is 1. The summed E-state index contributed by atoms with van der Waals surface area (Å²) in [6.07, 6.45) is 4.72. The van der Waals surface area contributed by atoms with Crippen LogP contribution in [0.1, 0.15) is 24.9 Å². The summed E-state index contributed by atoms with van der Waals surface area (Å²) in [6, 6.07) is 2.56. The molecule has 0 bridgehead atoms. The molecule has 1 aliphatic heterocycles. The molecule has 1 fully saturated rings. The molecule has 0 saturated carbocycles. The van der Waals surface area contributed by atoms with Crippen LogP contribution in [0.3, 0.4) is 0 Å². The zero-order chi connectivity index (χ0) is 9.80. The molecule has 1 saturated heterocycles. The van der Waals surface area contributed by atoms with Crippen molar-refractivity contribution in [3.8, 4) is 0 Å². The van der Waals surface area contributed by atoms with Gasteiger partial charge in [0.2, 0.25) is 0 Å². The number of rotatable bonds is 3. The minimum atomic E-state index is 0.498. The number of hydrogen-bond acceptors (Lipinski definition) is 3. The zero-order valence-electron chi connectivity index (χ0n) is 8.61. The van der Waals surface area contributed by atoms with Crippen LogP contribution in [0, 0.1) is 0 Å². The number of ether oxygens (including phenoxy) is 1. The van der Waals surface area contributed by atoms with E-state index in [0.717, 1.165) is 32.7 Å². The van der Waals surface area contributed by atoms with Gasteiger partial charge < -0.3 is 9.15 Å². The number of hydrogen-bond donors (Lipinski definition) is 0. The normalized spacial score (nSPS) is 20.9. The highest BCUT2D eigenvalue weighted by atomic mass is 16.5. The maximum atomic E-state index is 5.35. The first-order chi connectivity index (χ1) is 6.92. The molecule has 2 heterocycles. The summed E-state index contributed by atoms with van der Waals surface area (Å²) in [5.41, 5.74) is 1.29. The van der Waals surface area contributed by atoms with Crippen LogP contribution < -0.4 is 0 Å². The van der Waals surface area contributed by atoms with Crippen LogP contribution in [0.5, 0.6) is 0 Å². The van der Waals surface area contributed by atoms with E-state index < -0.39 is 0 Å². The smallest absolute Gasteiger partial charge is 0.0950 e. The van der Waals surface area contributed by atoms with Crippen molar-refractivity contribution in [2.45, 2.75) is 19.4 Å². The van der Waals surface area contributed by atoms with E-state index in [0.29, 0.717) is 6.04 Å². The highest BCUT2D eigenvalue weighted by molar-refractivity contribution is 5.11. The van der Waals surface area contributed by atoms with Crippen LogP contribution in [0.2, 0.25) is 0 Å². The molecule has 0 spiro atoms. The van der Waals surface area contributed by atoms with Crippen molar-refractivity contribution in [2.24, 2.45) is 0 Å². The second kappa shape index (κ2) is 4.62.